The van der Waals surface area contributed by atoms with Crippen LogP contribution in [0.4, 0.5) is 11.4 Å². The third-order valence-electron chi connectivity index (χ3n) is 4.58. The summed E-state index contributed by atoms with van der Waals surface area (Å²) in [6, 6.07) is 9.10. The zero-order valence-electron chi connectivity index (χ0n) is 16.4. The molecule has 0 aliphatic carbocycles. The Bertz CT molecular complexity index is 1050. The fraction of sp³-hybridized carbons (Fsp3) is 0.273. The molecular formula is C22H23ClN2O3. The van der Waals surface area contributed by atoms with Crippen molar-refractivity contribution >= 4 is 45.8 Å². The molecular weight excluding hydrogens is 376 g/mol. The van der Waals surface area contributed by atoms with Crippen LogP contribution in [-0.2, 0) is 16.0 Å². The summed E-state index contributed by atoms with van der Waals surface area (Å²) < 4.78 is 5.65. The molecule has 5 nitrogen and oxygen atoms in total. The van der Waals surface area contributed by atoms with Gasteiger partial charge in [-0.1, -0.05) is 25.4 Å². The van der Waals surface area contributed by atoms with Gasteiger partial charge in [-0.2, -0.15) is 0 Å². The largest absolute Gasteiger partial charge is 0.464 e. The second-order valence-corrected chi connectivity index (χ2v) is 7.63. The summed E-state index contributed by atoms with van der Waals surface area (Å²) in [5.74, 6) is 0.0180. The highest BCUT2D eigenvalue weighted by atomic mass is 35.5. The normalized spacial score (nSPS) is 11.1. The van der Waals surface area contributed by atoms with Crippen LogP contribution in [0.1, 0.15) is 43.4 Å². The van der Waals surface area contributed by atoms with Crippen molar-refractivity contribution in [2.24, 2.45) is 0 Å². The molecule has 0 unspecified atom stereocenters. The lowest BCUT2D eigenvalue weighted by Crippen LogP contribution is -2.14. The van der Waals surface area contributed by atoms with E-state index in [1.54, 1.807) is 24.5 Å². The first-order valence-corrected chi connectivity index (χ1v) is 9.50. The number of benzene rings is 2. The fourth-order valence-corrected chi connectivity index (χ4v) is 3.49. The molecule has 0 saturated carbocycles. The molecule has 0 fully saturated rings. The summed E-state index contributed by atoms with van der Waals surface area (Å²) in [6.45, 7) is 7.77. The van der Waals surface area contributed by atoms with Crippen LogP contribution in [0.25, 0.3) is 11.0 Å². The fourth-order valence-electron chi connectivity index (χ4n) is 3.27. The molecule has 2 aromatic carbocycles. The van der Waals surface area contributed by atoms with Gasteiger partial charge in [-0.25, -0.2) is 0 Å². The molecule has 0 aliphatic rings. The molecule has 2 N–H and O–H groups in total. The summed E-state index contributed by atoms with van der Waals surface area (Å²) in [7, 11) is 0. The minimum absolute atomic E-state index is 0.169. The van der Waals surface area contributed by atoms with Gasteiger partial charge >= 0.3 is 0 Å². The van der Waals surface area contributed by atoms with Gasteiger partial charge < -0.3 is 15.1 Å². The molecule has 1 aromatic heterocycles. The number of hydrogen-bond acceptors (Lipinski definition) is 3. The van der Waals surface area contributed by atoms with Crippen LogP contribution in [0.2, 0.25) is 5.02 Å². The number of nitrogens with one attached hydrogen (secondary N) is 2. The summed E-state index contributed by atoms with van der Waals surface area (Å²) >= 11 is 6.16. The van der Waals surface area contributed by atoms with Crippen molar-refractivity contribution in [3.8, 4) is 0 Å². The summed E-state index contributed by atoms with van der Waals surface area (Å²) in [5, 5.41) is 6.79. The molecule has 0 atom stereocenters. The second-order valence-electron chi connectivity index (χ2n) is 7.22. The highest BCUT2D eigenvalue weighted by Gasteiger charge is 2.14. The quantitative estimate of drug-likeness (QED) is 0.582. The molecule has 0 spiro atoms. The molecule has 0 radical (unpaired) electrons. The van der Waals surface area contributed by atoms with Gasteiger partial charge in [-0.15, -0.1) is 0 Å². The van der Waals surface area contributed by atoms with E-state index in [1.807, 2.05) is 6.07 Å². The predicted octanol–water partition coefficient (Wildman–Crippen LogP) is 5.66. The van der Waals surface area contributed by atoms with Gasteiger partial charge in [0, 0.05) is 23.6 Å². The smallest absolute Gasteiger partial charge is 0.228 e. The third kappa shape index (κ3) is 4.37. The number of carbonyl (C=O) groups is 2. The first kappa shape index (κ1) is 20.0. The number of rotatable bonds is 5. The first-order valence-electron chi connectivity index (χ1n) is 9.12. The minimum Gasteiger partial charge on any atom is -0.464 e. The average Bonchev–Trinajstić information content (AvgIpc) is 2.97. The van der Waals surface area contributed by atoms with E-state index in [1.165, 1.54) is 18.1 Å². The Labute approximate surface area is 169 Å². The molecule has 146 valence electrons. The highest BCUT2D eigenvalue weighted by Crippen LogP contribution is 2.30. The van der Waals surface area contributed by atoms with Crippen molar-refractivity contribution in [1.29, 1.82) is 0 Å². The Balaban J connectivity index is 1.77. The van der Waals surface area contributed by atoms with Crippen LogP contribution >= 0.6 is 11.6 Å². The van der Waals surface area contributed by atoms with Gasteiger partial charge in [0.25, 0.3) is 0 Å². The van der Waals surface area contributed by atoms with Gasteiger partial charge in [-0.05, 0) is 54.3 Å². The first-order chi connectivity index (χ1) is 13.2. The number of fused-ring (bicyclic) bond motifs is 1. The number of halogens is 1. The number of aryl methyl sites for hydroxylation is 1. The highest BCUT2D eigenvalue weighted by molar-refractivity contribution is 6.34. The number of anilines is 2. The Hall–Kier alpha value is -2.79. The standard InChI is InChI=1S/C22H23ClN2O3/c1-12(2)17-10-18-15(11-28-21(18)7-13(17)3)8-22(27)25-16-5-6-20(19(23)9-16)24-14(4)26/h5-7,9-12H,8H2,1-4H3,(H,24,26)(H,25,27). The van der Waals surface area contributed by atoms with E-state index in [-0.39, 0.29) is 18.2 Å². The van der Waals surface area contributed by atoms with E-state index in [2.05, 4.69) is 37.5 Å². The lowest BCUT2D eigenvalue weighted by molar-refractivity contribution is -0.116. The number of furan rings is 1. The van der Waals surface area contributed by atoms with Gasteiger partial charge in [-0.3, -0.25) is 9.59 Å². The van der Waals surface area contributed by atoms with Crippen LogP contribution in [0.15, 0.2) is 41.0 Å². The molecule has 3 aromatic rings. The molecule has 2 amide bonds. The van der Waals surface area contributed by atoms with E-state index in [0.717, 1.165) is 16.5 Å². The van der Waals surface area contributed by atoms with E-state index in [9.17, 15) is 9.59 Å². The maximum absolute atomic E-state index is 12.5. The van der Waals surface area contributed by atoms with Gasteiger partial charge in [0.1, 0.15) is 5.58 Å². The second kappa shape index (κ2) is 8.07. The average molecular weight is 399 g/mol. The number of carbonyl (C=O) groups excluding carboxylic acids is 2. The molecule has 1 heterocycles. The molecule has 6 heteroatoms. The molecule has 28 heavy (non-hydrogen) atoms. The minimum atomic E-state index is -0.207. The Kier molecular flexibility index (Phi) is 5.75. The van der Waals surface area contributed by atoms with Crippen molar-refractivity contribution in [2.45, 2.75) is 40.0 Å². The van der Waals surface area contributed by atoms with Crippen molar-refractivity contribution in [3.05, 3.63) is 58.3 Å². The van der Waals surface area contributed by atoms with E-state index < -0.39 is 0 Å². The summed E-state index contributed by atoms with van der Waals surface area (Å²) in [5.41, 5.74) is 5.13. The van der Waals surface area contributed by atoms with Crippen molar-refractivity contribution in [2.75, 3.05) is 10.6 Å². The zero-order chi connectivity index (χ0) is 20.4. The molecule has 0 aliphatic heterocycles. The van der Waals surface area contributed by atoms with Crippen molar-refractivity contribution in [1.82, 2.24) is 0 Å². The predicted molar refractivity (Wildman–Crippen MR) is 113 cm³/mol. The lowest BCUT2D eigenvalue weighted by atomic mass is 9.95. The van der Waals surface area contributed by atoms with Crippen LogP contribution in [-0.4, -0.2) is 11.8 Å². The Morgan fingerprint density at radius 3 is 2.54 bits per heavy atom. The SMILES string of the molecule is CC(=O)Nc1ccc(NC(=O)Cc2coc3cc(C)c(C(C)C)cc23)cc1Cl. The maximum Gasteiger partial charge on any atom is 0.228 e. The lowest BCUT2D eigenvalue weighted by Gasteiger charge is -2.10. The topological polar surface area (TPSA) is 71.3 Å². The van der Waals surface area contributed by atoms with Crippen LogP contribution < -0.4 is 10.6 Å². The van der Waals surface area contributed by atoms with Gasteiger partial charge in [0.2, 0.25) is 11.8 Å². The third-order valence-corrected chi connectivity index (χ3v) is 4.89. The number of amides is 2. The van der Waals surface area contributed by atoms with E-state index in [0.29, 0.717) is 22.3 Å². The molecule has 0 bridgehead atoms. The zero-order valence-corrected chi connectivity index (χ0v) is 17.1. The molecule has 3 rings (SSSR count). The van der Waals surface area contributed by atoms with E-state index in [4.69, 9.17) is 16.0 Å². The Morgan fingerprint density at radius 1 is 1.14 bits per heavy atom. The van der Waals surface area contributed by atoms with Crippen LogP contribution in [0.5, 0.6) is 0 Å². The van der Waals surface area contributed by atoms with Crippen molar-refractivity contribution in [3.63, 3.8) is 0 Å². The molecule has 0 saturated heterocycles. The van der Waals surface area contributed by atoms with Crippen LogP contribution in [0.3, 0.4) is 0 Å². The van der Waals surface area contributed by atoms with E-state index >= 15 is 0 Å². The Morgan fingerprint density at radius 2 is 1.89 bits per heavy atom. The van der Waals surface area contributed by atoms with Gasteiger partial charge in [0.15, 0.2) is 0 Å². The monoisotopic (exact) mass is 398 g/mol. The van der Waals surface area contributed by atoms with Crippen molar-refractivity contribution < 1.29 is 14.0 Å². The summed E-state index contributed by atoms with van der Waals surface area (Å²) in [6.07, 6.45) is 1.83. The maximum atomic E-state index is 12.5. The van der Waals surface area contributed by atoms with Crippen LogP contribution in [0, 0.1) is 6.92 Å². The summed E-state index contributed by atoms with van der Waals surface area (Å²) in [4.78, 5) is 23.7. The van der Waals surface area contributed by atoms with Gasteiger partial charge in [0.05, 0.1) is 23.4 Å². The number of hydrogen-bond donors (Lipinski definition) is 2.